The largest absolute Gasteiger partial charge is 0.464 e. The van der Waals surface area contributed by atoms with Crippen LogP contribution < -0.4 is 0 Å². The highest BCUT2D eigenvalue weighted by molar-refractivity contribution is 7.89. The second-order valence-corrected chi connectivity index (χ2v) is 12.1. The minimum absolute atomic E-state index is 0.140. The lowest BCUT2D eigenvalue weighted by Crippen LogP contribution is -2.47. The highest BCUT2D eigenvalue weighted by Crippen LogP contribution is 2.26. The maximum absolute atomic E-state index is 14.2. The van der Waals surface area contributed by atoms with Gasteiger partial charge < -0.3 is 14.1 Å². The van der Waals surface area contributed by atoms with Crippen molar-refractivity contribution in [1.29, 1.82) is 0 Å². The van der Waals surface area contributed by atoms with Crippen LogP contribution in [-0.4, -0.2) is 74.4 Å². The Morgan fingerprint density at radius 1 is 0.927 bits per heavy atom. The molecule has 41 heavy (non-hydrogen) atoms. The number of nitrogens with zero attached hydrogens (tertiary/aromatic N) is 3. The smallest absolute Gasteiger partial charge is 0.244 e. The van der Waals surface area contributed by atoms with Gasteiger partial charge in [0.2, 0.25) is 15.9 Å². The fraction of sp³-hybridized carbons (Fsp3) is 0.323. The summed E-state index contributed by atoms with van der Waals surface area (Å²) < 4.78 is 54.4. The first-order valence-corrected chi connectivity index (χ1v) is 15.1. The standard InChI is InChI=1S/C31H34FN3O5S/c1-24-9-14-28(40-24)22-34(21-25-10-12-27(32)13-11-25)31(36)23-35(16-15-33-17-19-39-20-18-33)41(37,38)30-8-4-6-26-5-2-3-7-29(26)30/h2-14H,15-23H2,1H3. The minimum atomic E-state index is -4.05. The average Bonchev–Trinajstić information content (AvgIpc) is 3.40. The summed E-state index contributed by atoms with van der Waals surface area (Å²) in [4.78, 5) is 17.8. The van der Waals surface area contributed by atoms with Crippen LogP contribution in [-0.2, 0) is 32.6 Å². The average molecular weight is 580 g/mol. The van der Waals surface area contributed by atoms with E-state index < -0.39 is 10.0 Å². The van der Waals surface area contributed by atoms with E-state index in [2.05, 4.69) is 4.90 Å². The number of sulfonamides is 1. The molecule has 0 radical (unpaired) electrons. The molecule has 1 saturated heterocycles. The number of hydrogen-bond acceptors (Lipinski definition) is 6. The Kier molecular flexibility index (Phi) is 9.14. The summed E-state index contributed by atoms with van der Waals surface area (Å²) in [5.41, 5.74) is 0.722. The Balaban J connectivity index is 1.45. The van der Waals surface area contributed by atoms with Crippen molar-refractivity contribution in [3.05, 3.63) is 102 Å². The van der Waals surface area contributed by atoms with E-state index in [1.54, 1.807) is 47.4 Å². The van der Waals surface area contributed by atoms with E-state index in [-0.39, 0.29) is 42.8 Å². The molecule has 1 aliphatic heterocycles. The zero-order chi connectivity index (χ0) is 28.8. The predicted molar refractivity (Wildman–Crippen MR) is 154 cm³/mol. The van der Waals surface area contributed by atoms with E-state index >= 15 is 0 Å². The van der Waals surface area contributed by atoms with Crippen LogP contribution in [0.5, 0.6) is 0 Å². The molecular formula is C31H34FN3O5S. The van der Waals surface area contributed by atoms with Gasteiger partial charge in [-0.1, -0.05) is 48.5 Å². The third-order valence-corrected chi connectivity index (χ3v) is 9.13. The van der Waals surface area contributed by atoms with Gasteiger partial charge in [-0.3, -0.25) is 9.69 Å². The highest BCUT2D eigenvalue weighted by Gasteiger charge is 2.31. The Labute approximate surface area is 240 Å². The zero-order valence-electron chi connectivity index (χ0n) is 23.0. The number of carbonyl (C=O) groups is 1. The summed E-state index contributed by atoms with van der Waals surface area (Å²) in [5, 5.41) is 1.41. The molecule has 10 heteroatoms. The van der Waals surface area contributed by atoms with Gasteiger partial charge in [-0.05, 0) is 48.2 Å². The van der Waals surface area contributed by atoms with E-state index in [1.807, 2.05) is 31.2 Å². The lowest BCUT2D eigenvalue weighted by atomic mass is 10.1. The van der Waals surface area contributed by atoms with Crippen LogP contribution in [0.2, 0.25) is 0 Å². The molecule has 1 amide bonds. The molecule has 2 heterocycles. The molecule has 5 rings (SSSR count). The summed E-state index contributed by atoms with van der Waals surface area (Å²) in [6, 6.07) is 22.0. The maximum Gasteiger partial charge on any atom is 0.244 e. The fourth-order valence-electron chi connectivity index (χ4n) is 4.97. The summed E-state index contributed by atoms with van der Waals surface area (Å²) in [7, 11) is -4.05. The van der Waals surface area contributed by atoms with Crippen molar-refractivity contribution < 1.29 is 26.8 Å². The van der Waals surface area contributed by atoms with Gasteiger partial charge in [-0.15, -0.1) is 0 Å². The molecule has 8 nitrogen and oxygen atoms in total. The maximum atomic E-state index is 14.2. The van der Waals surface area contributed by atoms with Crippen molar-refractivity contribution in [3.8, 4) is 0 Å². The van der Waals surface area contributed by atoms with Crippen molar-refractivity contribution in [2.45, 2.75) is 24.9 Å². The van der Waals surface area contributed by atoms with E-state index in [0.29, 0.717) is 49.8 Å². The van der Waals surface area contributed by atoms with Crippen molar-refractivity contribution in [1.82, 2.24) is 14.1 Å². The molecule has 1 aliphatic rings. The zero-order valence-corrected chi connectivity index (χ0v) is 23.9. The van der Waals surface area contributed by atoms with Gasteiger partial charge in [-0.25, -0.2) is 12.8 Å². The molecule has 0 aliphatic carbocycles. The normalized spacial score (nSPS) is 14.5. The van der Waals surface area contributed by atoms with Crippen LogP contribution >= 0.6 is 0 Å². The van der Waals surface area contributed by atoms with Crippen LogP contribution in [0.25, 0.3) is 10.8 Å². The van der Waals surface area contributed by atoms with Crippen LogP contribution in [0.1, 0.15) is 17.1 Å². The van der Waals surface area contributed by atoms with Crippen molar-refractivity contribution >= 4 is 26.7 Å². The molecular weight excluding hydrogens is 545 g/mol. The lowest BCUT2D eigenvalue weighted by molar-refractivity contribution is -0.133. The van der Waals surface area contributed by atoms with Crippen LogP contribution in [0.15, 0.2) is 88.2 Å². The van der Waals surface area contributed by atoms with Gasteiger partial charge in [0.25, 0.3) is 0 Å². The van der Waals surface area contributed by atoms with Crippen LogP contribution in [0, 0.1) is 12.7 Å². The second kappa shape index (κ2) is 12.9. The Morgan fingerprint density at radius 2 is 1.66 bits per heavy atom. The number of furan rings is 1. The van der Waals surface area contributed by atoms with Gasteiger partial charge in [-0.2, -0.15) is 4.31 Å². The van der Waals surface area contributed by atoms with Crippen LogP contribution in [0.3, 0.4) is 0 Å². The number of benzene rings is 3. The number of fused-ring (bicyclic) bond motifs is 1. The first kappa shape index (κ1) is 28.9. The van der Waals surface area contributed by atoms with Crippen molar-refractivity contribution in [2.24, 2.45) is 0 Å². The highest BCUT2D eigenvalue weighted by atomic mass is 32.2. The number of rotatable bonds is 11. The molecule has 4 aromatic rings. The number of aryl methyl sites for hydroxylation is 1. The van der Waals surface area contributed by atoms with Gasteiger partial charge >= 0.3 is 0 Å². The summed E-state index contributed by atoms with van der Waals surface area (Å²) in [6.07, 6.45) is 0. The summed E-state index contributed by atoms with van der Waals surface area (Å²) in [5.74, 6) is 0.535. The van der Waals surface area contributed by atoms with Crippen molar-refractivity contribution in [2.75, 3.05) is 45.9 Å². The molecule has 0 spiro atoms. The predicted octanol–water partition coefficient (Wildman–Crippen LogP) is 4.43. The lowest BCUT2D eigenvalue weighted by Gasteiger charge is -2.31. The third-order valence-electron chi connectivity index (χ3n) is 7.23. The number of halogens is 1. The molecule has 0 N–H and O–H groups in total. The molecule has 1 fully saturated rings. The van der Waals surface area contributed by atoms with Gasteiger partial charge in [0, 0.05) is 38.1 Å². The molecule has 0 bridgehead atoms. The van der Waals surface area contributed by atoms with E-state index in [0.717, 1.165) is 10.9 Å². The first-order valence-electron chi connectivity index (χ1n) is 13.7. The Hall–Kier alpha value is -3.57. The van der Waals surface area contributed by atoms with Gasteiger partial charge in [0.15, 0.2) is 0 Å². The molecule has 0 atom stereocenters. The van der Waals surface area contributed by atoms with E-state index in [4.69, 9.17) is 9.15 Å². The fourth-order valence-corrected chi connectivity index (χ4v) is 6.57. The molecule has 0 unspecified atom stereocenters. The van der Waals surface area contributed by atoms with E-state index in [9.17, 15) is 17.6 Å². The number of hydrogen-bond donors (Lipinski definition) is 0. The summed E-state index contributed by atoms with van der Waals surface area (Å²) in [6.45, 7) is 4.97. The van der Waals surface area contributed by atoms with Gasteiger partial charge in [0.05, 0.1) is 31.2 Å². The number of carbonyl (C=O) groups excluding carboxylic acids is 1. The van der Waals surface area contributed by atoms with E-state index in [1.165, 1.54) is 16.4 Å². The topological polar surface area (TPSA) is 83.3 Å². The second-order valence-electron chi connectivity index (χ2n) is 10.2. The molecule has 216 valence electrons. The third kappa shape index (κ3) is 7.20. The number of morpholine rings is 1. The van der Waals surface area contributed by atoms with Crippen molar-refractivity contribution in [3.63, 3.8) is 0 Å². The Bertz CT molecular complexity index is 1580. The number of amides is 1. The Morgan fingerprint density at radius 3 is 2.39 bits per heavy atom. The van der Waals surface area contributed by atoms with Gasteiger partial charge in [0.1, 0.15) is 17.3 Å². The summed E-state index contributed by atoms with van der Waals surface area (Å²) >= 11 is 0. The quantitative estimate of drug-likeness (QED) is 0.262. The minimum Gasteiger partial charge on any atom is -0.464 e. The number of ether oxygens (including phenoxy) is 1. The first-order chi connectivity index (χ1) is 19.8. The molecule has 0 saturated carbocycles. The monoisotopic (exact) mass is 579 g/mol. The van der Waals surface area contributed by atoms with Crippen LogP contribution in [0.4, 0.5) is 4.39 Å². The molecule has 1 aromatic heterocycles. The molecule has 3 aromatic carbocycles. The SMILES string of the molecule is Cc1ccc(CN(Cc2ccc(F)cc2)C(=O)CN(CCN2CCOCC2)S(=O)(=O)c2cccc3ccccc23)o1.